The van der Waals surface area contributed by atoms with Gasteiger partial charge in [0.25, 0.3) is 5.56 Å². The van der Waals surface area contributed by atoms with Gasteiger partial charge in [0.15, 0.2) is 11.3 Å². The number of amides is 4. The molecular formula is C42H46F2N8O9. The molecule has 5 heterocycles. The first kappa shape index (κ1) is 43.0. The van der Waals surface area contributed by atoms with Gasteiger partial charge >= 0.3 is 5.97 Å². The van der Waals surface area contributed by atoms with Crippen molar-refractivity contribution < 1.29 is 47.3 Å². The molecule has 19 heteroatoms. The maximum absolute atomic E-state index is 15.8. The summed E-state index contributed by atoms with van der Waals surface area (Å²) in [6.07, 6.45) is 0.0865. The first-order valence-corrected chi connectivity index (χ1v) is 19.7. The van der Waals surface area contributed by atoms with Gasteiger partial charge in [0.1, 0.15) is 25.2 Å². The highest BCUT2D eigenvalue weighted by atomic mass is 19.1. The molecule has 2 atom stereocenters. The molecule has 0 bridgehead atoms. The van der Waals surface area contributed by atoms with Crippen LogP contribution in [-0.2, 0) is 65.2 Å². The predicted molar refractivity (Wildman–Crippen MR) is 214 cm³/mol. The van der Waals surface area contributed by atoms with E-state index in [1.54, 1.807) is 56.3 Å². The number of hydrogen-bond donors (Lipinski definition) is 6. The fourth-order valence-electron chi connectivity index (χ4n) is 7.93. The number of halogens is 2. The second-order valence-electron chi connectivity index (χ2n) is 15.5. The number of rotatable bonds is 16. The number of likely N-dealkylation sites (tertiary alicyclic amines) is 1. The Morgan fingerprint density at radius 2 is 1.75 bits per heavy atom. The lowest BCUT2D eigenvalue weighted by Crippen LogP contribution is -2.61. The van der Waals surface area contributed by atoms with E-state index in [4.69, 9.17) is 20.2 Å². The number of benzene rings is 2. The molecule has 1 fully saturated rings. The molecule has 0 radical (unpaired) electrons. The quantitative estimate of drug-likeness (QED) is 0.0440. The summed E-state index contributed by atoms with van der Waals surface area (Å²) in [4.78, 5) is 82.5. The van der Waals surface area contributed by atoms with Crippen molar-refractivity contribution in [1.29, 1.82) is 0 Å². The van der Waals surface area contributed by atoms with Crippen LogP contribution in [0.4, 0.5) is 8.78 Å². The van der Waals surface area contributed by atoms with Crippen molar-refractivity contribution in [2.45, 2.75) is 63.7 Å². The number of carbonyl (C=O) groups is 5. The summed E-state index contributed by atoms with van der Waals surface area (Å²) in [5.74, 6) is -3.77. The highest BCUT2D eigenvalue weighted by Crippen LogP contribution is 2.41. The normalized spacial score (nSPS) is 17.9. The zero-order valence-corrected chi connectivity index (χ0v) is 33.6. The summed E-state index contributed by atoms with van der Waals surface area (Å²) < 4.78 is 42.9. The van der Waals surface area contributed by atoms with Gasteiger partial charge in [-0.15, -0.1) is 0 Å². The summed E-state index contributed by atoms with van der Waals surface area (Å²) in [6.45, 7) is 1.35. The summed E-state index contributed by atoms with van der Waals surface area (Å²) in [5, 5.41) is 21.7. The van der Waals surface area contributed by atoms with Crippen LogP contribution in [0.15, 0.2) is 53.3 Å². The molecule has 3 aliphatic heterocycles. The Morgan fingerprint density at radius 3 is 2.48 bits per heavy atom. The van der Waals surface area contributed by atoms with Crippen LogP contribution >= 0.6 is 0 Å². The van der Waals surface area contributed by atoms with E-state index >= 15 is 4.39 Å². The Kier molecular flexibility index (Phi) is 12.3. The van der Waals surface area contributed by atoms with Gasteiger partial charge in [0, 0.05) is 48.6 Å². The van der Waals surface area contributed by atoms with Crippen LogP contribution in [0.5, 0.6) is 0 Å². The number of nitrogens with one attached hydrogen (secondary N) is 4. The first-order chi connectivity index (χ1) is 29.1. The number of aliphatic hydroxyl groups is 1. The number of cyclic esters (lactones) is 1. The molecule has 0 saturated carbocycles. The zero-order valence-electron chi connectivity index (χ0n) is 33.6. The third kappa shape index (κ3) is 8.86. The van der Waals surface area contributed by atoms with Crippen molar-refractivity contribution in [3.63, 3.8) is 0 Å². The Bertz CT molecular complexity index is 2480. The molecule has 2 aromatic carbocycles. The van der Waals surface area contributed by atoms with Crippen molar-refractivity contribution in [3.8, 4) is 11.4 Å². The lowest BCUT2D eigenvalue weighted by Gasteiger charge is -2.44. The minimum atomic E-state index is -2.02. The maximum Gasteiger partial charge on any atom is 0.343 e. The molecule has 4 amide bonds. The Hall–Kier alpha value is -6.15. The molecule has 17 nitrogen and oxygen atoms in total. The average Bonchev–Trinajstić information content (AvgIpc) is 3.60. The number of carbonyl (C=O) groups excluding carboxylic acids is 5. The predicted octanol–water partition coefficient (Wildman–Crippen LogP) is 0.0599. The van der Waals surface area contributed by atoms with Gasteiger partial charge in [-0.2, -0.15) is 0 Å². The van der Waals surface area contributed by atoms with E-state index in [1.165, 1.54) is 10.6 Å². The van der Waals surface area contributed by atoms with Crippen LogP contribution in [0.25, 0.3) is 22.3 Å². The smallest absolute Gasteiger partial charge is 0.343 e. The van der Waals surface area contributed by atoms with E-state index in [9.17, 15) is 38.3 Å². The second kappa shape index (κ2) is 17.4. The molecular weight excluding hydrogens is 799 g/mol. The lowest BCUT2D eigenvalue weighted by molar-refractivity contribution is -0.172. The Balaban J connectivity index is 0.954. The topological polar surface area (TPSA) is 236 Å². The van der Waals surface area contributed by atoms with E-state index in [0.29, 0.717) is 33.4 Å². The minimum absolute atomic E-state index is 0.0248. The minimum Gasteiger partial charge on any atom is -0.458 e. The van der Waals surface area contributed by atoms with Crippen molar-refractivity contribution in [2.75, 3.05) is 46.1 Å². The van der Waals surface area contributed by atoms with Crippen molar-refractivity contribution in [3.05, 3.63) is 98.1 Å². The standard InChI is InChI=1S/C42H46F2N8O9/c1-3-42(59)29-11-33-37-27(17-52(33)39(57)28(29)18-61-40(42)58)26(25-9-23(2)30(43)12-31(25)50-37)16-51-19-41(44,20-51)21-60-22-48-35(54)14-47-38(56)32(10-24-7-5-4-6-8-24)49-36(55)15-46-34(53)13-45/h4-9,11-12,32,59H,3,10,13-22,45H2,1-2H3,(H,46,53)(H,47,56)(H,48,54)(H,49,55)/t32-,42-/m0/s1. The van der Waals surface area contributed by atoms with Gasteiger partial charge in [-0.05, 0) is 42.2 Å². The zero-order chi connectivity index (χ0) is 43.6. The fraction of sp³-hybridized carbons (Fsp3) is 0.405. The van der Waals surface area contributed by atoms with E-state index in [0.717, 1.165) is 11.1 Å². The summed E-state index contributed by atoms with van der Waals surface area (Å²) >= 11 is 0. The average molecular weight is 845 g/mol. The number of hydrogen-bond acceptors (Lipinski definition) is 12. The SMILES string of the molecule is CC[C@@]1(O)C(=O)OCc2c1cc1n(c2=O)Cc2c-1nc1cc(F)c(C)cc1c2CN1CC(F)(COCNC(=O)CNC(=O)[C@H](Cc2ccccc2)NC(=O)CNC(=O)CN)C1. The summed E-state index contributed by atoms with van der Waals surface area (Å²) in [6, 6.07) is 12.4. The molecule has 7 rings (SSSR count). The van der Waals surface area contributed by atoms with Gasteiger partial charge in [-0.3, -0.25) is 28.9 Å². The van der Waals surface area contributed by atoms with Crippen molar-refractivity contribution >= 4 is 40.5 Å². The number of pyridine rings is 2. The van der Waals surface area contributed by atoms with Crippen LogP contribution in [0.1, 0.15) is 46.7 Å². The number of esters is 1. The van der Waals surface area contributed by atoms with Crippen LogP contribution in [0.2, 0.25) is 0 Å². The van der Waals surface area contributed by atoms with Crippen LogP contribution in [0, 0.1) is 12.7 Å². The highest BCUT2D eigenvalue weighted by molar-refractivity contribution is 5.93. The molecule has 3 aliphatic rings. The number of nitrogens with two attached hydrogens (primary N) is 1. The van der Waals surface area contributed by atoms with Gasteiger partial charge < -0.3 is 46.1 Å². The van der Waals surface area contributed by atoms with Gasteiger partial charge in [0.05, 0.1) is 55.3 Å². The molecule has 7 N–H and O–H groups in total. The molecule has 1 saturated heterocycles. The van der Waals surface area contributed by atoms with E-state index in [-0.39, 0.29) is 76.6 Å². The van der Waals surface area contributed by atoms with Crippen LogP contribution in [0.3, 0.4) is 0 Å². The molecule has 0 unspecified atom stereocenters. The summed E-state index contributed by atoms with van der Waals surface area (Å²) in [5.41, 5.74) is 4.97. The van der Waals surface area contributed by atoms with Crippen molar-refractivity contribution in [1.82, 2.24) is 35.7 Å². The highest BCUT2D eigenvalue weighted by Gasteiger charge is 2.47. The fourth-order valence-corrected chi connectivity index (χ4v) is 7.93. The van der Waals surface area contributed by atoms with Gasteiger partial charge in [0.2, 0.25) is 23.6 Å². The number of aryl methyl sites for hydroxylation is 1. The molecule has 0 aliphatic carbocycles. The lowest BCUT2D eigenvalue weighted by atomic mass is 9.86. The van der Waals surface area contributed by atoms with Gasteiger partial charge in [-0.1, -0.05) is 37.3 Å². The first-order valence-electron chi connectivity index (χ1n) is 19.7. The number of aromatic nitrogens is 2. The van der Waals surface area contributed by atoms with E-state index in [2.05, 4.69) is 21.3 Å². The van der Waals surface area contributed by atoms with E-state index < -0.39 is 71.4 Å². The van der Waals surface area contributed by atoms with Gasteiger partial charge in [-0.25, -0.2) is 18.6 Å². The molecule has 322 valence electrons. The number of nitrogens with zero attached hydrogens (tertiary/aromatic N) is 3. The van der Waals surface area contributed by atoms with Crippen molar-refractivity contribution in [2.24, 2.45) is 5.73 Å². The Labute approximate surface area is 348 Å². The second-order valence-corrected chi connectivity index (χ2v) is 15.5. The number of ether oxygens (including phenoxy) is 2. The summed E-state index contributed by atoms with van der Waals surface area (Å²) in [7, 11) is 0. The van der Waals surface area contributed by atoms with Crippen LogP contribution in [-0.4, -0.2) is 107 Å². The monoisotopic (exact) mass is 844 g/mol. The number of fused-ring (bicyclic) bond motifs is 5. The molecule has 4 aromatic rings. The van der Waals surface area contributed by atoms with E-state index in [1.807, 2.05) is 4.90 Å². The molecule has 0 spiro atoms. The molecule has 2 aromatic heterocycles. The third-order valence-corrected chi connectivity index (χ3v) is 11.2. The Morgan fingerprint density at radius 1 is 1.02 bits per heavy atom. The molecule has 61 heavy (non-hydrogen) atoms. The maximum atomic E-state index is 15.8. The number of alkyl halides is 1. The third-order valence-electron chi connectivity index (χ3n) is 11.2. The van der Waals surface area contributed by atoms with Crippen LogP contribution < -0.4 is 32.6 Å². The largest absolute Gasteiger partial charge is 0.458 e.